The number of hydrogen-bond acceptors (Lipinski definition) is 3. The summed E-state index contributed by atoms with van der Waals surface area (Å²) in [6.07, 6.45) is 7.51. The molecule has 0 aromatic carbocycles. The smallest absolute Gasteiger partial charge is 0.263 e. The van der Waals surface area contributed by atoms with Crippen molar-refractivity contribution in [1.82, 2.24) is 9.88 Å². The number of carbonyl (C=O) groups excluding carboxylic acids is 1. The summed E-state index contributed by atoms with van der Waals surface area (Å²) in [5.41, 5.74) is 6.33. The molecule has 20 heavy (non-hydrogen) atoms. The number of rotatable bonds is 5. The molecule has 0 radical (unpaired) electrons. The zero-order valence-corrected chi connectivity index (χ0v) is 11.8. The molecule has 3 rings (SSSR count). The number of amides is 1. The van der Waals surface area contributed by atoms with Crippen LogP contribution in [-0.4, -0.2) is 16.0 Å². The number of nitrogens with one attached hydrogen (secondary N) is 1. The van der Waals surface area contributed by atoms with Gasteiger partial charge < -0.3 is 15.6 Å². The van der Waals surface area contributed by atoms with Gasteiger partial charge in [-0.25, -0.2) is 0 Å². The monoisotopic (exact) mass is 275 g/mol. The van der Waals surface area contributed by atoms with Crippen LogP contribution in [0.15, 0.2) is 17.1 Å². The Balaban J connectivity index is 1.86. The van der Waals surface area contributed by atoms with E-state index < -0.39 is 5.91 Å². The molecular weight excluding hydrogens is 254 g/mol. The average Bonchev–Trinajstić information content (AvgIpc) is 3.19. The van der Waals surface area contributed by atoms with E-state index in [4.69, 9.17) is 5.73 Å². The molecule has 1 aromatic rings. The van der Waals surface area contributed by atoms with Crippen LogP contribution in [0.4, 0.5) is 0 Å². The Morgan fingerprint density at radius 2 is 2.20 bits per heavy atom. The van der Waals surface area contributed by atoms with Gasteiger partial charge in [0.15, 0.2) is 0 Å². The van der Waals surface area contributed by atoms with Gasteiger partial charge in [0.25, 0.3) is 11.5 Å². The highest BCUT2D eigenvalue weighted by atomic mass is 16.2. The third kappa shape index (κ3) is 2.50. The summed E-state index contributed by atoms with van der Waals surface area (Å²) < 4.78 is 1.68. The normalized spacial score (nSPS) is 20.4. The van der Waals surface area contributed by atoms with Gasteiger partial charge in [0, 0.05) is 24.3 Å². The van der Waals surface area contributed by atoms with Crippen LogP contribution < -0.4 is 16.6 Å². The molecule has 0 atom stereocenters. The van der Waals surface area contributed by atoms with Crippen molar-refractivity contribution in [2.24, 2.45) is 5.73 Å². The first-order chi connectivity index (χ1) is 9.48. The van der Waals surface area contributed by atoms with Gasteiger partial charge in [-0.2, -0.15) is 0 Å². The van der Waals surface area contributed by atoms with Crippen LogP contribution in [0.3, 0.4) is 0 Å². The number of hydrogen-bond donors (Lipinski definition) is 2. The van der Waals surface area contributed by atoms with Gasteiger partial charge in [-0.15, -0.1) is 0 Å². The zero-order chi connectivity index (χ0) is 14.3. The second kappa shape index (κ2) is 4.74. The molecule has 5 nitrogen and oxygen atoms in total. The van der Waals surface area contributed by atoms with E-state index in [1.54, 1.807) is 10.6 Å². The van der Waals surface area contributed by atoms with Crippen LogP contribution in [0.1, 0.15) is 61.0 Å². The minimum Gasteiger partial charge on any atom is -0.365 e. The van der Waals surface area contributed by atoms with Crippen LogP contribution in [0.2, 0.25) is 0 Å². The van der Waals surface area contributed by atoms with E-state index in [1.807, 2.05) is 6.20 Å². The van der Waals surface area contributed by atoms with Crippen molar-refractivity contribution in [3.05, 3.63) is 33.7 Å². The lowest BCUT2D eigenvalue weighted by Crippen LogP contribution is -2.47. The van der Waals surface area contributed by atoms with Crippen LogP contribution in [0, 0.1) is 0 Å². The third-order valence-corrected chi connectivity index (χ3v) is 4.48. The Hall–Kier alpha value is -1.62. The standard InChI is InChI=1S/C15H21N3O2/c1-15(5-2-6-15)17-8-10-7-12(13(16)19)14(20)18(9-10)11-3-4-11/h7,9,11,17H,2-6,8H2,1H3,(H2,16,19). The first-order valence-corrected chi connectivity index (χ1v) is 7.28. The molecule has 0 saturated heterocycles. The fourth-order valence-corrected chi connectivity index (χ4v) is 2.76. The minimum absolute atomic E-state index is 0.106. The average molecular weight is 275 g/mol. The molecule has 1 aromatic heterocycles. The topological polar surface area (TPSA) is 77.1 Å². The fraction of sp³-hybridized carbons (Fsp3) is 0.600. The van der Waals surface area contributed by atoms with Crippen molar-refractivity contribution in [3.63, 3.8) is 0 Å². The van der Waals surface area contributed by atoms with Gasteiger partial charge in [0.2, 0.25) is 0 Å². The molecule has 0 unspecified atom stereocenters. The van der Waals surface area contributed by atoms with Crippen LogP contribution >= 0.6 is 0 Å². The van der Waals surface area contributed by atoms with E-state index in [9.17, 15) is 9.59 Å². The molecule has 3 N–H and O–H groups in total. The number of aromatic nitrogens is 1. The van der Waals surface area contributed by atoms with E-state index >= 15 is 0 Å². The maximum Gasteiger partial charge on any atom is 0.263 e. The van der Waals surface area contributed by atoms with E-state index in [-0.39, 0.29) is 22.7 Å². The van der Waals surface area contributed by atoms with Gasteiger partial charge >= 0.3 is 0 Å². The van der Waals surface area contributed by atoms with Gasteiger partial charge in [-0.3, -0.25) is 9.59 Å². The van der Waals surface area contributed by atoms with Gasteiger partial charge in [-0.05, 0) is 50.7 Å². The molecule has 108 valence electrons. The summed E-state index contributed by atoms with van der Waals surface area (Å²) in [6, 6.07) is 1.89. The molecular formula is C15H21N3O2. The summed E-state index contributed by atoms with van der Waals surface area (Å²) in [4.78, 5) is 23.6. The quantitative estimate of drug-likeness (QED) is 0.850. The summed E-state index contributed by atoms with van der Waals surface area (Å²) in [7, 11) is 0. The van der Waals surface area contributed by atoms with Crippen molar-refractivity contribution in [3.8, 4) is 0 Å². The molecule has 0 aliphatic heterocycles. The molecule has 2 fully saturated rings. The lowest BCUT2D eigenvalue weighted by molar-refractivity contribution is 0.0998. The van der Waals surface area contributed by atoms with Crippen LogP contribution in [0.25, 0.3) is 0 Å². The maximum absolute atomic E-state index is 12.2. The predicted molar refractivity (Wildman–Crippen MR) is 76.6 cm³/mol. The van der Waals surface area contributed by atoms with Crippen molar-refractivity contribution in [2.75, 3.05) is 0 Å². The molecule has 0 bridgehead atoms. The Morgan fingerprint density at radius 3 is 2.70 bits per heavy atom. The summed E-state index contributed by atoms with van der Waals surface area (Å²) in [5.74, 6) is -0.638. The summed E-state index contributed by atoms with van der Waals surface area (Å²) in [6.45, 7) is 2.88. The molecule has 2 aliphatic rings. The Kier molecular flexibility index (Phi) is 3.17. The van der Waals surface area contributed by atoms with Gasteiger partial charge in [-0.1, -0.05) is 0 Å². The highest BCUT2D eigenvalue weighted by Crippen LogP contribution is 2.34. The molecule has 2 saturated carbocycles. The van der Waals surface area contributed by atoms with E-state index in [0.29, 0.717) is 6.54 Å². The third-order valence-electron chi connectivity index (χ3n) is 4.48. The van der Waals surface area contributed by atoms with Crippen molar-refractivity contribution in [2.45, 2.75) is 57.2 Å². The van der Waals surface area contributed by atoms with E-state index in [2.05, 4.69) is 12.2 Å². The van der Waals surface area contributed by atoms with E-state index in [0.717, 1.165) is 18.4 Å². The fourth-order valence-electron chi connectivity index (χ4n) is 2.76. The molecule has 1 heterocycles. The number of carbonyl (C=O) groups is 1. The highest BCUT2D eigenvalue weighted by molar-refractivity contribution is 5.92. The maximum atomic E-state index is 12.2. The second-order valence-corrected chi connectivity index (χ2v) is 6.34. The largest absolute Gasteiger partial charge is 0.365 e. The summed E-state index contributed by atoms with van der Waals surface area (Å²) >= 11 is 0. The van der Waals surface area contributed by atoms with Gasteiger partial charge in [0.05, 0.1) is 0 Å². The van der Waals surface area contributed by atoms with Crippen LogP contribution in [-0.2, 0) is 6.54 Å². The molecule has 5 heteroatoms. The number of nitrogens with zero attached hydrogens (tertiary/aromatic N) is 1. The minimum atomic E-state index is -0.638. The second-order valence-electron chi connectivity index (χ2n) is 6.34. The lowest BCUT2D eigenvalue weighted by Gasteiger charge is -2.39. The Labute approximate surface area is 118 Å². The van der Waals surface area contributed by atoms with Crippen molar-refractivity contribution >= 4 is 5.91 Å². The molecule has 1 amide bonds. The number of pyridine rings is 1. The first-order valence-electron chi connectivity index (χ1n) is 7.28. The van der Waals surface area contributed by atoms with Crippen molar-refractivity contribution in [1.29, 1.82) is 0 Å². The number of nitrogens with two attached hydrogens (primary N) is 1. The highest BCUT2D eigenvalue weighted by Gasteiger charge is 2.31. The zero-order valence-electron chi connectivity index (χ0n) is 11.8. The number of primary amides is 1. The summed E-state index contributed by atoms with van der Waals surface area (Å²) in [5, 5.41) is 3.52. The SMILES string of the molecule is CC1(NCc2cc(C(N)=O)c(=O)n(C3CC3)c2)CCC1. The Bertz CT molecular complexity index is 598. The van der Waals surface area contributed by atoms with Crippen LogP contribution in [0.5, 0.6) is 0 Å². The first kappa shape index (κ1) is 13.4. The Morgan fingerprint density at radius 1 is 1.50 bits per heavy atom. The predicted octanol–water partition coefficient (Wildman–Crippen LogP) is 1.31. The molecule has 0 spiro atoms. The molecule has 2 aliphatic carbocycles. The van der Waals surface area contributed by atoms with Crippen molar-refractivity contribution < 1.29 is 4.79 Å². The lowest BCUT2D eigenvalue weighted by atomic mass is 9.78. The van der Waals surface area contributed by atoms with E-state index in [1.165, 1.54) is 19.3 Å². The van der Waals surface area contributed by atoms with Gasteiger partial charge in [0.1, 0.15) is 5.56 Å².